The fourth-order valence-electron chi connectivity index (χ4n) is 2.33. The highest BCUT2D eigenvalue weighted by atomic mass is 16.6. The Hall–Kier alpha value is -1.81. The maximum atomic E-state index is 10.0. The Kier molecular flexibility index (Phi) is 3.26. The standard InChI is InChI=1S/C11H15N5O4/c1-12-9-6-10(14-3-13-9)16(4-15-6)11-8(19)7(18)5(2-17)20-11/h3-5,7-8,11,17-19H,2H2,1H3,(H,12,13,14)/t5-,7+,8-,11-/m0/s1. The van der Waals surface area contributed by atoms with E-state index < -0.39 is 24.5 Å². The molecule has 2 aromatic rings. The van der Waals surface area contributed by atoms with Crippen molar-refractivity contribution in [3.63, 3.8) is 0 Å². The Bertz CT molecular complexity index is 618. The topological polar surface area (TPSA) is 126 Å². The van der Waals surface area contributed by atoms with E-state index in [1.54, 1.807) is 7.05 Å². The van der Waals surface area contributed by atoms with E-state index in [1.165, 1.54) is 17.2 Å². The van der Waals surface area contributed by atoms with E-state index in [1.807, 2.05) is 0 Å². The summed E-state index contributed by atoms with van der Waals surface area (Å²) in [5.41, 5.74) is 1.01. The number of fused-ring (bicyclic) bond motifs is 1. The fourth-order valence-corrected chi connectivity index (χ4v) is 2.33. The van der Waals surface area contributed by atoms with Crippen LogP contribution in [0.25, 0.3) is 11.2 Å². The predicted molar refractivity (Wildman–Crippen MR) is 67.9 cm³/mol. The van der Waals surface area contributed by atoms with Crippen LogP contribution in [0.1, 0.15) is 6.23 Å². The average Bonchev–Trinajstić information content (AvgIpc) is 3.01. The number of aliphatic hydroxyl groups is 3. The second-order valence-electron chi connectivity index (χ2n) is 4.53. The van der Waals surface area contributed by atoms with Crippen LogP contribution in [0.3, 0.4) is 0 Å². The Morgan fingerprint density at radius 1 is 1.30 bits per heavy atom. The van der Waals surface area contributed by atoms with Gasteiger partial charge in [0.1, 0.15) is 30.2 Å². The largest absolute Gasteiger partial charge is 0.394 e. The Morgan fingerprint density at radius 2 is 2.10 bits per heavy atom. The lowest BCUT2D eigenvalue weighted by atomic mass is 10.1. The normalized spacial score (nSPS) is 30.0. The van der Waals surface area contributed by atoms with Crippen LogP contribution in [-0.2, 0) is 4.74 Å². The third-order valence-electron chi connectivity index (χ3n) is 3.39. The van der Waals surface area contributed by atoms with Crippen molar-refractivity contribution < 1.29 is 20.1 Å². The lowest BCUT2D eigenvalue weighted by Gasteiger charge is -2.16. The highest BCUT2D eigenvalue weighted by Crippen LogP contribution is 2.31. The van der Waals surface area contributed by atoms with Crippen LogP contribution >= 0.6 is 0 Å². The van der Waals surface area contributed by atoms with E-state index in [0.29, 0.717) is 17.0 Å². The van der Waals surface area contributed by atoms with Crippen molar-refractivity contribution in [2.24, 2.45) is 0 Å². The number of imidazole rings is 1. The number of ether oxygens (including phenoxy) is 1. The molecule has 1 saturated heterocycles. The van der Waals surface area contributed by atoms with Crippen LogP contribution in [0.2, 0.25) is 0 Å². The van der Waals surface area contributed by atoms with Gasteiger partial charge in [0.2, 0.25) is 0 Å². The van der Waals surface area contributed by atoms with Crippen molar-refractivity contribution in [3.05, 3.63) is 12.7 Å². The van der Waals surface area contributed by atoms with Crippen LogP contribution in [0, 0.1) is 0 Å². The number of aliphatic hydroxyl groups excluding tert-OH is 3. The molecule has 9 heteroatoms. The number of hydrogen-bond donors (Lipinski definition) is 4. The number of nitrogens with zero attached hydrogens (tertiary/aromatic N) is 4. The van der Waals surface area contributed by atoms with Crippen molar-refractivity contribution in [3.8, 4) is 0 Å². The third kappa shape index (κ3) is 1.83. The molecule has 0 spiro atoms. The Morgan fingerprint density at radius 3 is 2.75 bits per heavy atom. The highest BCUT2D eigenvalue weighted by molar-refractivity contribution is 5.82. The number of nitrogens with one attached hydrogen (secondary N) is 1. The highest BCUT2D eigenvalue weighted by Gasteiger charge is 2.43. The lowest BCUT2D eigenvalue weighted by molar-refractivity contribution is -0.0511. The van der Waals surface area contributed by atoms with E-state index in [4.69, 9.17) is 9.84 Å². The zero-order valence-electron chi connectivity index (χ0n) is 10.7. The molecule has 0 saturated carbocycles. The molecule has 4 atom stereocenters. The van der Waals surface area contributed by atoms with E-state index in [-0.39, 0.29) is 6.61 Å². The summed E-state index contributed by atoms with van der Waals surface area (Å²) in [6, 6.07) is 0. The summed E-state index contributed by atoms with van der Waals surface area (Å²) in [6.45, 7) is -0.377. The molecule has 0 radical (unpaired) electrons. The minimum Gasteiger partial charge on any atom is -0.394 e. The molecular formula is C11H15N5O4. The SMILES string of the molecule is CNc1ncnc2c1ncn2[C@H]1O[C@@H](CO)[C@@H](O)[C@@H]1O. The van der Waals surface area contributed by atoms with Gasteiger partial charge in [-0.2, -0.15) is 0 Å². The van der Waals surface area contributed by atoms with Crippen molar-refractivity contribution in [2.45, 2.75) is 24.5 Å². The summed E-state index contributed by atoms with van der Waals surface area (Å²) in [7, 11) is 1.72. The van der Waals surface area contributed by atoms with Gasteiger partial charge < -0.3 is 25.4 Å². The Balaban J connectivity index is 2.03. The van der Waals surface area contributed by atoms with Gasteiger partial charge in [0.25, 0.3) is 0 Å². The molecule has 0 unspecified atom stereocenters. The molecule has 1 aliphatic rings. The minimum absolute atomic E-state index is 0.377. The summed E-state index contributed by atoms with van der Waals surface area (Å²) < 4.78 is 6.97. The first-order valence-electron chi connectivity index (χ1n) is 6.15. The van der Waals surface area contributed by atoms with Crippen LogP contribution in [0.5, 0.6) is 0 Å². The second-order valence-corrected chi connectivity index (χ2v) is 4.53. The summed E-state index contributed by atoms with van der Waals surface area (Å²) in [5, 5.41) is 31.8. The lowest BCUT2D eigenvalue weighted by Crippen LogP contribution is -2.33. The number of rotatable bonds is 3. The van der Waals surface area contributed by atoms with Crippen LogP contribution in [0.4, 0.5) is 5.82 Å². The van der Waals surface area contributed by atoms with Gasteiger partial charge >= 0.3 is 0 Å². The quantitative estimate of drug-likeness (QED) is 0.534. The summed E-state index contributed by atoms with van der Waals surface area (Å²) in [5.74, 6) is 0.556. The van der Waals surface area contributed by atoms with Gasteiger partial charge in [-0.1, -0.05) is 0 Å². The van der Waals surface area contributed by atoms with Crippen molar-refractivity contribution in [1.82, 2.24) is 19.5 Å². The first kappa shape index (κ1) is 13.2. The van der Waals surface area contributed by atoms with Gasteiger partial charge in [-0.15, -0.1) is 0 Å². The Labute approximate surface area is 113 Å². The summed E-state index contributed by atoms with van der Waals surface area (Å²) in [4.78, 5) is 12.3. The van der Waals surface area contributed by atoms with E-state index in [9.17, 15) is 10.2 Å². The minimum atomic E-state index is -1.17. The van der Waals surface area contributed by atoms with E-state index >= 15 is 0 Å². The molecule has 1 aliphatic heterocycles. The molecule has 1 fully saturated rings. The summed E-state index contributed by atoms with van der Waals surface area (Å²) >= 11 is 0. The fraction of sp³-hybridized carbons (Fsp3) is 0.545. The van der Waals surface area contributed by atoms with Crippen LogP contribution < -0.4 is 5.32 Å². The molecular weight excluding hydrogens is 266 g/mol. The zero-order valence-corrected chi connectivity index (χ0v) is 10.7. The smallest absolute Gasteiger partial charge is 0.167 e. The third-order valence-corrected chi connectivity index (χ3v) is 3.39. The molecule has 9 nitrogen and oxygen atoms in total. The first-order chi connectivity index (χ1) is 9.67. The number of anilines is 1. The average molecular weight is 281 g/mol. The van der Waals surface area contributed by atoms with Crippen molar-refractivity contribution in [2.75, 3.05) is 19.0 Å². The van der Waals surface area contributed by atoms with Gasteiger partial charge in [0.15, 0.2) is 17.7 Å². The molecule has 0 amide bonds. The van der Waals surface area contributed by atoms with Crippen molar-refractivity contribution >= 4 is 17.0 Å². The van der Waals surface area contributed by atoms with Crippen molar-refractivity contribution in [1.29, 1.82) is 0 Å². The number of aromatic nitrogens is 4. The molecule has 3 rings (SSSR count). The monoisotopic (exact) mass is 281 g/mol. The molecule has 20 heavy (non-hydrogen) atoms. The molecule has 4 N–H and O–H groups in total. The number of hydrogen-bond acceptors (Lipinski definition) is 8. The second kappa shape index (κ2) is 4.94. The maximum absolute atomic E-state index is 10.0. The molecule has 2 aromatic heterocycles. The molecule has 108 valence electrons. The zero-order chi connectivity index (χ0) is 14.3. The van der Waals surface area contributed by atoms with Gasteiger partial charge in [0, 0.05) is 7.05 Å². The maximum Gasteiger partial charge on any atom is 0.167 e. The predicted octanol–water partition coefficient (Wildman–Crippen LogP) is -1.52. The van der Waals surface area contributed by atoms with Crippen LogP contribution in [0.15, 0.2) is 12.7 Å². The van der Waals surface area contributed by atoms with Gasteiger partial charge in [-0.3, -0.25) is 4.57 Å². The molecule has 0 aliphatic carbocycles. The molecule has 3 heterocycles. The van der Waals surface area contributed by atoms with Gasteiger partial charge in [-0.25, -0.2) is 15.0 Å². The van der Waals surface area contributed by atoms with E-state index in [2.05, 4.69) is 20.3 Å². The first-order valence-corrected chi connectivity index (χ1v) is 6.15. The van der Waals surface area contributed by atoms with Gasteiger partial charge in [-0.05, 0) is 0 Å². The van der Waals surface area contributed by atoms with Gasteiger partial charge in [0.05, 0.1) is 12.9 Å². The van der Waals surface area contributed by atoms with E-state index in [0.717, 1.165) is 0 Å². The molecule has 0 aromatic carbocycles. The molecule has 0 bridgehead atoms. The summed E-state index contributed by atoms with van der Waals surface area (Å²) in [6.07, 6.45) is -1.19. The van der Waals surface area contributed by atoms with Crippen LogP contribution in [-0.4, -0.2) is 66.8 Å².